The predicted molar refractivity (Wildman–Crippen MR) is 57.0 cm³/mol. The number of hydrogen-bond acceptors (Lipinski definition) is 3. The number of phenols is 2. The van der Waals surface area contributed by atoms with Crippen LogP contribution < -0.4 is 4.84 Å². The van der Waals surface area contributed by atoms with Gasteiger partial charge in [-0.2, -0.15) is 4.73 Å². The zero-order valence-corrected chi connectivity index (χ0v) is 8.64. The number of rotatable bonds is 2. The second-order valence-corrected chi connectivity index (χ2v) is 3.70. The summed E-state index contributed by atoms with van der Waals surface area (Å²) in [7, 11) is 0. The van der Waals surface area contributed by atoms with Crippen molar-refractivity contribution in [3.05, 3.63) is 24.4 Å². The molecule has 1 aromatic carbocycles. The molecule has 4 heteroatoms. The highest BCUT2D eigenvalue weighted by Gasteiger charge is 2.07. The molecule has 2 rings (SSSR count). The van der Waals surface area contributed by atoms with Gasteiger partial charge in [-0.1, -0.05) is 0 Å². The van der Waals surface area contributed by atoms with Gasteiger partial charge in [-0.05, 0) is 26.0 Å². The van der Waals surface area contributed by atoms with Crippen LogP contribution in [0.25, 0.3) is 10.9 Å². The van der Waals surface area contributed by atoms with Crippen molar-refractivity contribution in [3.63, 3.8) is 0 Å². The minimum atomic E-state index is -0.144. The fraction of sp³-hybridized carbons (Fsp3) is 0.273. The first kappa shape index (κ1) is 9.71. The monoisotopic (exact) mass is 207 g/mol. The highest BCUT2D eigenvalue weighted by Crippen LogP contribution is 2.30. The van der Waals surface area contributed by atoms with Gasteiger partial charge in [0.15, 0.2) is 11.5 Å². The molecule has 0 aliphatic rings. The van der Waals surface area contributed by atoms with Gasteiger partial charge in [0.05, 0.1) is 5.52 Å². The van der Waals surface area contributed by atoms with Gasteiger partial charge in [0, 0.05) is 17.6 Å². The van der Waals surface area contributed by atoms with E-state index in [2.05, 4.69) is 0 Å². The molecule has 0 unspecified atom stereocenters. The van der Waals surface area contributed by atoms with Crippen LogP contribution in [0, 0.1) is 0 Å². The summed E-state index contributed by atoms with van der Waals surface area (Å²) in [5, 5.41) is 19.5. The third-order valence-corrected chi connectivity index (χ3v) is 2.08. The van der Waals surface area contributed by atoms with Gasteiger partial charge in [0.1, 0.15) is 6.10 Å². The number of benzene rings is 1. The molecule has 0 radical (unpaired) electrons. The van der Waals surface area contributed by atoms with Crippen molar-refractivity contribution in [2.24, 2.45) is 0 Å². The smallest absolute Gasteiger partial charge is 0.159 e. The van der Waals surface area contributed by atoms with E-state index in [4.69, 9.17) is 4.84 Å². The number of hydrogen-bond donors (Lipinski definition) is 2. The average Bonchev–Trinajstić information content (AvgIpc) is 2.49. The number of fused-ring (bicyclic) bond motifs is 1. The molecule has 0 saturated heterocycles. The molecule has 2 N–H and O–H groups in total. The van der Waals surface area contributed by atoms with Gasteiger partial charge >= 0.3 is 0 Å². The van der Waals surface area contributed by atoms with Crippen molar-refractivity contribution in [3.8, 4) is 11.5 Å². The van der Waals surface area contributed by atoms with E-state index in [0.717, 1.165) is 10.9 Å². The van der Waals surface area contributed by atoms with E-state index in [9.17, 15) is 10.2 Å². The van der Waals surface area contributed by atoms with Crippen molar-refractivity contribution >= 4 is 10.9 Å². The van der Waals surface area contributed by atoms with Crippen LogP contribution in [-0.4, -0.2) is 21.0 Å². The minimum absolute atomic E-state index is 0.0524. The molecule has 4 nitrogen and oxygen atoms in total. The van der Waals surface area contributed by atoms with Gasteiger partial charge in [-0.15, -0.1) is 0 Å². The third kappa shape index (κ3) is 1.70. The Morgan fingerprint density at radius 3 is 2.53 bits per heavy atom. The van der Waals surface area contributed by atoms with E-state index in [1.54, 1.807) is 10.9 Å². The second kappa shape index (κ2) is 3.38. The minimum Gasteiger partial charge on any atom is -0.504 e. The number of aromatic nitrogens is 1. The topological polar surface area (TPSA) is 54.6 Å². The lowest BCUT2D eigenvalue weighted by Gasteiger charge is -2.11. The van der Waals surface area contributed by atoms with Crippen LogP contribution in [0.2, 0.25) is 0 Å². The van der Waals surface area contributed by atoms with Crippen LogP contribution in [0.3, 0.4) is 0 Å². The van der Waals surface area contributed by atoms with E-state index in [1.165, 1.54) is 12.1 Å². The third-order valence-electron chi connectivity index (χ3n) is 2.08. The molecular formula is C11H13NO3. The quantitative estimate of drug-likeness (QED) is 0.739. The molecular weight excluding hydrogens is 194 g/mol. The largest absolute Gasteiger partial charge is 0.504 e. The Hall–Kier alpha value is -1.84. The fourth-order valence-electron chi connectivity index (χ4n) is 1.45. The normalized spacial score (nSPS) is 11.1. The molecule has 80 valence electrons. The first-order valence-electron chi connectivity index (χ1n) is 4.78. The van der Waals surface area contributed by atoms with E-state index in [1.807, 2.05) is 19.9 Å². The molecule has 15 heavy (non-hydrogen) atoms. The maximum absolute atomic E-state index is 9.38. The Bertz CT molecular complexity index is 488. The van der Waals surface area contributed by atoms with E-state index < -0.39 is 0 Å². The van der Waals surface area contributed by atoms with E-state index in [0.29, 0.717) is 0 Å². The summed E-state index contributed by atoms with van der Waals surface area (Å²) < 4.78 is 1.58. The van der Waals surface area contributed by atoms with E-state index >= 15 is 0 Å². The van der Waals surface area contributed by atoms with Crippen molar-refractivity contribution in [2.45, 2.75) is 20.0 Å². The molecule has 0 bridgehead atoms. The van der Waals surface area contributed by atoms with Gasteiger partial charge in [-0.25, -0.2) is 0 Å². The Labute approximate surface area is 87.3 Å². The lowest BCUT2D eigenvalue weighted by molar-refractivity contribution is 0.0686. The molecule has 0 fully saturated rings. The SMILES string of the molecule is CC(C)On1ccc2cc(O)c(O)cc21. The molecule has 2 aromatic rings. The molecule has 0 atom stereocenters. The van der Waals surface area contributed by atoms with Crippen LogP contribution in [0.5, 0.6) is 11.5 Å². The van der Waals surface area contributed by atoms with Crippen LogP contribution in [0.1, 0.15) is 13.8 Å². The van der Waals surface area contributed by atoms with Crippen molar-refractivity contribution < 1.29 is 15.1 Å². The standard InChI is InChI=1S/C11H13NO3/c1-7(2)15-12-4-3-8-5-10(13)11(14)6-9(8)12/h3-7,13-14H,1-2H3. The molecule has 0 amide bonds. The van der Waals surface area contributed by atoms with Crippen LogP contribution >= 0.6 is 0 Å². The lowest BCUT2D eigenvalue weighted by Crippen LogP contribution is -2.17. The van der Waals surface area contributed by atoms with Crippen LogP contribution in [-0.2, 0) is 0 Å². The summed E-state index contributed by atoms with van der Waals surface area (Å²) >= 11 is 0. The molecule has 0 aliphatic carbocycles. The highest BCUT2D eigenvalue weighted by molar-refractivity contribution is 5.83. The number of aromatic hydroxyl groups is 2. The second-order valence-electron chi connectivity index (χ2n) is 3.70. The maximum Gasteiger partial charge on any atom is 0.159 e. The Morgan fingerprint density at radius 1 is 1.20 bits per heavy atom. The van der Waals surface area contributed by atoms with Crippen molar-refractivity contribution in [1.82, 2.24) is 4.73 Å². The number of phenolic OH excluding ortho intramolecular Hbond substituents is 2. The molecule has 0 saturated carbocycles. The summed E-state index contributed by atoms with van der Waals surface area (Å²) in [5.74, 6) is -0.264. The first-order valence-corrected chi connectivity index (χ1v) is 4.78. The first-order chi connectivity index (χ1) is 7.08. The summed E-state index contributed by atoms with van der Waals surface area (Å²) in [6, 6.07) is 4.80. The fourth-order valence-corrected chi connectivity index (χ4v) is 1.45. The zero-order valence-electron chi connectivity index (χ0n) is 8.64. The lowest BCUT2D eigenvalue weighted by atomic mass is 10.2. The Kier molecular flexibility index (Phi) is 2.19. The molecule has 0 aliphatic heterocycles. The van der Waals surface area contributed by atoms with Crippen molar-refractivity contribution in [2.75, 3.05) is 0 Å². The summed E-state index contributed by atoms with van der Waals surface area (Å²) in [5.41, 5.74) is 0.735. The van der Waals surface area contributed by atoms with Gasteiger partial charge in [-0.3, -0.25) is 0 Å². The Balaban J connectivity index is 2.54. The van der Waals surface area contributed by atoms with Crippen LogP contribution in [0.4, 0.5) is 0 Å². The maximum atomic E-state index is 9.38. The molecule has 1 heterocycles. The predicted octanol–water partition coefficient (Wildman–Crippen LogP) is 1.89. The number of nitrogens with zero attached hydrogens (tertiary/aromatic N) is 1. The van der Waals surface area contributed by atoms with Gasteiger partial charge in [0.2, 0.25) is 0 Å². The van der Waals surface area contributed by atoms with Gasteiger partial charge < -0.3 is 15.1 Å². The summed E-state index contributed by atoms with van der Waals surface area (Å²) in [4.78, 5) is 5.49. The van der Waals surface area contributed by atoms with Gasteiger partial charge in [0.25, 0.3) is 0 Å². The van der Waals surface area contributed by atoms with Crippen LogP contribution in [0.15, 0.2) is 24.4 Å². The van der Waals surface area contributed by atoms with Crippen molar-refractivity contribution in [1.29, 1.82) is 0 Å². The average molecular weight is 207 g/mol. The summed E-state index contributed by atoms with van der Waals surface area (Å²) in [6.45, 7) is 3.85. The zero-order chi connectivity index (χ0) is 11.0. The molecule has 1 aromatic heterocycles. The molecule has 0 spiro atoms. The Morgan fingerprint density at radius 2 is 1.87 bits per heavy atom. The van der Waals surface area contributed by atoms with E-state index in [-0.39, 0.29) is 17.6 Å². The highest BCUT2D eigenvalue weighted by atomic mass is 16.7. The summed E-state index contributed by atoms with van der Waals surface area (Å²) in [6.07, 6.45) is 1.81.